The highest BCUT2D eigenvalue weighted by Gasteiger charge is 2.36. The molecule has 0 aromatic heterocycles. The van der Waals surface area contributed by atoms with Crippen LogP contribution < -0.4 is 20.7 Å². The smallest absolute Gasteiger partial charge is 0.246 e. The lowest BCUT2D eigenvalue weighted by Crippen LogP contribution is -2.54. The van der Waals surface area contributed by atoms with Crippen LogP contribution in [0.5, 0.6) is 5.75 Å². The van der Waals surface area contributed by atoms with E-state index >= 15 is 0 Å². The van der Waals surface area contributed by atoms with Gasteiger partial charge >= 0.3 is 0 Å². The van der Waals surface area contributed by atoms with E-state index in [1.54, 1.807) is 6.20 Å². The normalized spacial score (nSPS) is 25.8. The summed E-state index contributed by atoms with van der Waals surface area (Å²) >= 11 is 0. The summed E-state index contributed by atoms with van der Waals surface area (Å²) in [6.07, 6.45) is 4.29. The molecule has 2 bridgehead atoms. The molecular weight excluding hydrogens is 354 g/mol. The average molecular weight is 377 g/mol. The number of ether oxygens (including phenoxy) is 1. The molecule has 3 aliphatic heterocycles. The van der Waals surface area contributed by atoms with Crippen molar-refractivity contribution in [3.8, 4) is 5.75 Å². The molecule has 0 unspecified atom stereocenters. The van der Waals surface area contributed by atoms with Crippen molar-refractivity contribution >= 4 is 17.9 Å². The number of rotatable bonds is 2. The largest absolute Gasteiger partial charge is 0.488 e. The van der Waals surface area contributed by atoms with E-state index in [4.69, 9.17) is 4.74 Å². The van der Waals surface area contributed by atoms with Crippen molar-refractivity contribution in [1.29, 1.82) is 0 Å². The van der Waals surface area contributed by atoms with Crippen molar-refractivity contribution in [2.75, 3.05) is 6.54 Å². The maximum atomic E-state index is 12.9. The molecule has 0 aliphatic carbocycles. The third-order valence-corrected chi connectivity index (χ3v) is 5.03. The number of hydrogen-bond donors (Lipinski definition) is 3. The number of carbonyl (C=O) groups excluding carboxylic acids is 2. The van der Waals surface area contributed by atoms with Gasteiger partial charge in [-0.15, -0.1) is 0 Å². The molecule has 2 amide bonds. The van der Waals surface area contributed by atoms with Crippen molar-refractivity contribution in [3.05, 3.63) is 71.9 Å². The SMILES string of the molecule is O=C1N/C=C/c2ccc(cc2)O[C@H]2CCN[C@@H]2C(=O)N[C@H]1Cc1ccccc1. The zero-order valence-electron chi connectivity index (χ0n) is 15.4. The van der Waals surface area contributed by atoms with E-state index in [9.17, 15) is 9.59 Å². The number of carbonyl (C=O) groups is 2. The fraction of sp³-hybridized carbons (Fsp3) is 0.273. The summed E-state index contributed by atoms with van der Waals surface area (Å²) in [7, 11) is 0. The third-order valence-electron chi connectivity index (χ3n) is 5.03. The van der Waals surface area contributed by atoms with Gasteiger partial charge in [0, 0.05) is 12.6 Å². The summed E-state index contributed by atoms with van der Waals surface area (Å²) in [5.74, 6) is 0.249. The van der Waals surface area contributed by atoms with Crippen LogP contribution in [0.1, 0.15) is 17.5 Å². The van der Waals surface area contributed by atoms with Gasteiger partial charge < -0.3 is 20.7 Å². The Morgan fingerprint density at radius 3 is 2.54 bits per heavy atom. The van der Waals surface area contributed by atoms with E-state index in [1.165, 1.54) is 0 Å². The van der Waals surface area contributed by atoms with Gasteiger partial charge in [-0.3, -0.25) is 9.59 Å². The fourth-order valence-corrected chi connectivity index (χ4v) is 3.54. The highest BCUT2D eigenvalue weighted by Crippen LogP contribution is 2.20. The van der Waals surface area contributed by atoms with Crippen LogP contribution >= 0.6 is 0 Å². The van der Waals surface area contributed by atoms with Crippen LogP contribution in [0.4, 0.5) is 0 Å². The predicted molar refractivity (Wildman–Crippen MR) is 107 cm³/mol. The van der Waals surface area contributed by atoms with E-state index in [1.807, 2.05) is 60.7 Å². The molecule has 1 saturated heterocycles. The van der Waals surface area contributed by atoms with E-state index in [-0.39, 0.29) is 17.9 Å². The molecule has 0 saturated carbocycles. The molecule has 2 aromatic rings. The van der Waals surface area contributed by atoms with E-state index in [0.717, 1.165) is 23.3 Å². The van der Waals surface area contributed by atoms with E-state index in [0.29, 0.717) is 13.0 Å². The first kappa shape index (κ1) is 18.3. The van der Waals surface area contributed by atoms with Gasteiger partial charge in [-0.1, -0.05) is 42.5 Å². The highest BCUT2D eigenvalue weighted by molar-refractivity contribution is 5.91. The molecule has 0 spiro atoms. The topological polar surface area (TPSA) is 79.5 Å². The van der Waals surface area contributed by atoms with Gasteiger partial charge in [-0.2, -0.15) is 0 Å². The van der Waals surface area contributed by atoms with Crippen LogP contribution in [-0.2, 0) is 16.0 Å². The molecule has 28 heavy (non-hydrogen) atoms. The van der Waals surface area contributed by atoms with Crippen molar-refractivity contribution < 1.29 is 14.3 Å². The van der Waals surface area contributed by atoms with Gasteiger partial charge in [0.15, 0.2) is 0 Å². The molecule has 144 valence electrons. The Morgan fingerprint density at radius 1 is 0.964 bits per heavy atom. The number of nitrogens with one attached hydrogen (secondary N) is 3. The number of hydrogen-bond acceptors (Lipinski definition) is 4. The minimum Gasteiger partial charge on any atom is -0.488 e. The van der Waals surface area contributed by atoms with E-state index in [2.05, 4.69) is 16.0 Å². The molecular formula is C22H23N3O3. The summed E-state index contributed by atoms with van der Waals surface area (Å²) < 4.78 is 6.04. The summed E-state index contributed by atoms with van der Waals surface area (Å²) in [6.45, 7) is 0.692. The maximum Gasteiger partial charge on any atom is 0.246 e. The average Bonchev–Trinajstić information content (AvgIpc) is 3.17. The first-order valence-corrected chi connectivity index (χ1v) is 9.50. The zero-order chi connectivity index (χ0) is 19.3. The fourth-order valence-electron chi connectivity index (χ4n) is 3.54. The van der Waals surface area contributed by atoms with Crippen LogP contribution in [0.15, 0.2) is 60.8 Å². The molecule has 1 fully saturated rings. The zero-order valence-corrected chi connectivity index (χ0v) is 15.4. The lowest BCUT2D eigenvalue weighted by molar-refractivity contribution is -0.130. The minimum absolute atomic E-state index is 0.226. The predicted octanol–water partition coefficient (Wildman–Crippen LogP) is 1.62. The van der Waals surface area contributed by atoms with Crippen molar-refractivity contribution in [1.82, 2.24) is 16.0 Å². The summed E-state index contributed by atoms with van der Waals surface area (Å²) in [5.41, 5.74) is 1.93. The second-order valence-corrected chi connectivity index (χ2v) is 7.04. The van der Waals surface area contributed by atoms with Crippen molar-refractivity contribution in [2.24, 2.45) is 0 Å². The molecule has 3 atom stereocenters. The first-order chi connectivity index (χ1) is 13.7. The molecule has 3 N–H and O–H groups in total. The van der Waals surface area contributed by atoms with E-state index < -0.39 is 12.1 Å². The molecule has 6 nitrogen and oxygen atoms in total. The van der Waals surface area contributed by atoms with Gasteiger partial charge in [0.1, 0.15) is 23.9 Å². The molecule has 6 heteroatoms. The Kier molecular flexibility index (Phi) is 5.39. The molecule has 0 radical (unpaired) electrons. The summed E-state index contributed by atoms with van der Waals surface area (Å²) in [5, 5.41) is 8.89. The minimum atomic E-state index is -0.675. The quantitative estimate of drug-likeness (QED) is 0.743. The summed E-state index contributed by atoms with van der Waals surface area (Å²) in [4.78, 5) is 25.7. The Balaban J connectivity index is 1.61. The van der Waals surface area contributed by atoms with Crippen LogP contribution in [0.2, 0.25) is 0 Å². The summed E-state index contributed by atoms with van der Waals surface area (Å²) in [6, 6.07) is 16.1. The Morgan fingerprint density at radius 2 is 1.75 bits per heavy atom. The van der Waals surface area contributed by atoms with Gasteiger partial charge in [0.25, 0.3) is 0 Å². The lowest BCUT2D eigenvalue weighted by Gasteiger charge is -2.24. The number of benzene rings is 2. The monoisotopic (exact) mass is 377 g/mol. The van der Waals surface area contributed by atoms with Crippen LogP contribution in [0, 0.1) is 0 Å². The van der Waals surface area contributed by atoms with Crippen LogP contribution in [-0.4, -0.2) is 36.5 Å². The second-order valence-electron chi connectivity index (χ2n) is 7.04. The molecule has 3 aliphatic rings. The Labute approximate surface area is 164 Å². The van der Waals surface area contributed by atoms with Gasteiger partial charge in [-0.25, -0.2) is 0 Å². The first-order valence-electron chi connectivity index (χ1n) is 9.50. The highest BCUT2D eigenvalue weighted by atomic mass is 16.5. The third kappa shape index (κ3) is 4.23. The van der Waals surface area contributed by atoms with Crippen LogP contribution in [0.3, 0.4) is 0 Å². The molecule has 5 rings (SSSR count). The van der Waals surface area contributed by atoms with Gasteiger partial charge in [0.2, 0.25) is 11.8 Å². The Bertz CT molecular complexity index is 864. The lowest BCUT2D eigenvalue weighted by atomic mass is 10.0. The molecule has 2 aromatic carbocycles. The number of amides is 2. The van der Waals surface area contributed by atoms with Gasteiger partial charge in [-0.05, 0) is 42.3 Å². The number of fused-ring (bicyclic) bond motifs is 7. The van der Waals surface area contributed by atoms with Crippen molar-refractivity contribution in [3.63, 3.8) is 0 Å². The second kappa shape index (κ2) is 8.27. The Hall–Kier alpha value is -3.12. The van der Waals surface area contributed by atoms with Crippen LogP contribution in [0.25, 0.3) is 6.08 Å². The molecule has 3 heterocycles. The van der Waals surface area contributed by atoms with Crippen molar-refractivity contribution in [2.45, 2.75) is 31.0 Å². The van der Waals surface area contributed by atoms with Gasteiger partial charge in [0.05, 0.1) is 0 Å². The standard InChI is InChI=1S/C22H23N3O3/c26-21-18(14-16-4-2-1-3-5-16)25-22(27)20-19(11-13-23-20)28-17-8-6-15(7-9-17)10-12-24-21/h1-10,12,18-20,23H,11,13-14H2,(H,24,26)(H,25,27)/b12-10+/t18-,19-,20-/m0/s1. The maximum absolute atomic E-state index is 12.9.